The van der Waals surface area contributed by atoms with Crippen LogP contribution in [0.15, 0.2) is 53.4 Å². The third-order valence-corrected chi connectivity index (χ3v) is 6.76. The Morgan fingerprint density at radius 1 is 1.26 bits per heavy atom. The number of ether oxygens (including phenoxy) is 1. The molecule has 2 aliphatic rings. The smallest absolute Gasteiger partial charge is 0.216 e. The van der Waals surface area contributed by atoms with Crippen LogP contribution in [0.1, 0.15) is 24.0 Å². The largest absolute Gasteiger partial charge is 0.593 e. The minimum atomic E-state index is -3.63. The molecule has 0 radical (unpaired) electrons. The van der Waals surface area contributed by atoms with Crippen LogP contribution >= 0.6 is 0 Å². The number of likely N-dealkylation sites (tertiary alicyclic amines) is 1. The summed E-state index contributed by atoms with van der Waals surface area (Å²) in [6, 6.07) is 16.4. The number of benzene rings is 2. The molecule has 27 heavy (non-hydrogen) atoms. The van der Waals surface area contributed by atoms with Crippen molar-refractivity contribution < 1.29 is 13.5 Å². The van der Waals surface area contributed by atoms with Gasteiger partial charge in [-0.05, 0) is 49.2 Å². The average molecular weight is 383 g/mol. The van der Waals surface area contributed by atoms with E-state index in [9.17, 15) is 8.76 Å². The van der Waals surface area contributed by atoms with Gasteiger partial charge in [-0.15, -0.1) is 4.72 Å². The summed E-state index contributed by atoms with van der Waals surface area (Å²) in [5.41, 5.74) is 1.10. The summed E-state index contributed by atoms with van der Waals surface area (Å²) in [6.45, 7) is 2.51. The topological polar surface area (TPSA) is 88.4 Å². The number of fused-ring (bicyclic) bond motifs is 1. The van der Waals surface area contributed by atoms with E-state index in [-0.39, 0.29) is 4.90 Å². The molecule has 0 aromatic heterocycles. The van der Waals surface area contributed by atoms with E-state index in [1.165, 1.54) is 0 Å². The number of hydrogen-bond acceptors (Lipinski definition) is 5. The number of sulfonamides is 1. The second kappa shape index (κ2) is 7.06. The normalized spacial score (nSPS) is 28.0. The third-order valence-electron chi connectivity index (χ3n) is 5.14. The molecule has 1 saturated heterocycles. The number of piperidine rings is 1. The first kappa shape index (κ1) is 18.1. The molecular formula is C20H21N3O3S. The van der Waals surface area contributed by atoms with Gasteiger partial charge in [0.05, 0.1) is 11.6 Å². The summed E-state index contributed by atoms with van der Waals surface area (Å²) < 4.78 is 34.5. The maximum Gasteiger partial charge on any atom is 0.216 e. The minimum Gasteiger partial charge on any atom is -0.593 e. The number of nitrogens with zero attached hydrogens (tertiary/aromatic N) is 2. The Bertz CT molecular complexity index is 925. The zero-order valence-electron chi connectivity index (χ0n) is 14.9. The van der Waals surface area contributed by atoms with Crippen LogP contribution in [0, 0.1) is 11.3 Å². The lowest BCUT2D eigenvalue weighted by atomic mass is 9.90. The van der Waals surface area contributed by atoms with E-state index in [1.807, 2.05) is 24.3 Å². The van der Waals surface area contributed by atoms with Crippen molar-refractivity contribution in [2.24, 2.45) is 0 Å². The fourth-order valence-electron chi connectivity index (χ4n) is 3.88. The summed E-state index contributed by atoms with van der Waals surface area (Å²) in [5, 5.41) is 8.93. The molecule has 2 aliphatic heterocycles. The van der Waals surface area contributed by atoms with Crippen LogP contribution in [0.25, 0.3) is 0 Å². The zero-order chi connectivity index (χ0) is 18.9. The van der Waals surface area contributed by atoms with Crippen molar-refractivity contribution in [1.82, 2.24) is 9.62 Å². The van der Waals surface area contributed by atoms with Crippen LogP contribution in [0.3, 0.4) is 0 Å². The number of rotatable bonds is 2. The highest BCUT2D eigenvalue weighted by molar-refractivity contribution is 7.96. The first-order valence-corrected chi connectivity index (χ1v) is 10.5. The van der Waals surface area contributed by atoms with Crippen LogP contribution in [-0.4, -0.2) is 34.7 Å². The van der Waals surface area contributed by atoms with E-state index in [0.717, 1.165) is 24.9 Å². The molecule has 2 heterocycles. The molecule has 0 amide bonds. The van der Waals surface area contributed by atoms with Gasteiger partial charge >= 0.3 is 0 Å². The van der Waals surface area contributed by atoms with E-state index in [0.29, 0.717) is 31.0 Å². The number of hydrogen-bond donors (Lipinski definition) is 1. The average Bonchev–Trinajstić information content (AvgIpc) is 2.77. The molecule has 2 unspecified atom stereocenters. The van der Waals surface area contributed by atoms with E-state index in [4.69, 9.17) is 10.00 Å². The van der Waals surface area contributed by atoms with Crippen molar-refractivity contribution in [3.8, 4) is 11.8 Å². The first-order chi connectivity index (χ1) is 13.0. The highest BCUT2D eigenvalue weighted by Crippen LogP contribution is 2.35. The molecule has 0 saturated carbocycles. The monoisotopic (exact) mass is 383 g/mol. The van der Waals surface area contributed by atoms with Gasteiger partial charge in [-0.1, -0.05) is 28.5 Å². The number of para-hydroxylation sites is 1. The van der Waals surface area contributed by atoms with Crippen molar-refractivity contribution in [2.75, 3.05) is 19.7 Å². The van der Waals surface area contributed by atoms with Crippen molar-refractivity contribution in [1.29, 1.82) is 5.26 Å². The van der Waals surface area contributed by atoms with Gasteiger partial charge in [0.2, 0.25) is 4.90 Å². The van der Waals surface area contributed by atoms with Gasteiger partial charge in [0.25, 0.3) is 0 Å². The molecule has 0 bridgehead atoms. The molecule has 6 nitrogen and oxygen atoms in total. The van der Waals surface area contributed by atoms with Crippen molar-refractivity contribution in [3.05, 3.63) is 59.7 Å². The number of nitriles is 1. The van der Waals surface area contributed by atoms with Crippen LogP contribution < -0.4 is 9.46 Å². The molecule has 1 fully saturated rings. The van der Waals surface area contributed by atoms with Gasteiger partial charge in [-0.2, -0.15) is 5.26 Å². The molecular weight excluding hydrogens is 362 g/mol. The Morgan fingerprint density at radius 3 is 2.81 bits per heavy atom. The molecule has 2 atom stereocenters. The summed E-state index contributed by atoms with van der Waals surface area (Å²) in [4.78, 5) is 2.44. The minimum absolute atomic E-state index is 0.200. The van der Waals surface area contributed by atoms with Crippen LogP contribution in [-0.2, 0) is 21.2 Å². The second-order valence-corrected chi connectivity index (χ2v) is 8.89. The SMILES string of the molecule is N#Cc1ccc(CN2CCCC3(COc4ccccc4[S+](=O)([O-])N3)C2)cc1. The van der Waals surface area contributed by atoms with Gasteiger partial charge in [0.15, 0.2) is 16.1 Å². The van der Waals surface area contributed by atoms with Gasteiger partial charge in [0, 0.05) is 13.1 Å². The second-order valence-electron chi connectivity index (χ2n) is 7.24. The summed E-state index contributed by atoms with van der Waals surface area (Å²) in [6.07, 6.45) is 1.63. The molecule has 140 valence electrons. The molecule has 7 heteroatoms. The molecule has 2 aromatic carbocycles. The predicted molar refractivity (Wildman–Crippen MR) is 101 cm³/mol. The van der Waals surface area contributed by atoms with Crippen LogP contribution in [0.2, 0.25) is 0 Å². The summed E-state index contributed by atoms with van der Waals surface area (Å²) in [5.74, 6) is 0.408. The third kappa shape index (κ3) is 3.75. The summed E-state index contributed by atoms with van der Waals surface area (Å²) in [7, 11) is -3.63. The zero-order valence-corrected chi connectivity index (χ0v) is 15.7. The van der Waals surface area contributed by atoms with Gasteiger partial charge in [-0.3, -0.25) is 4.90 Å². The number of nitrogens with one attached hydrogen (secondary N) is 1. The van der Waals surface area contributed by atoms with E-state index >= 15 is 0 Å². The highest BCUT2D eigenvalue weighted by atomic mass is 32.3. The molecule has 4 rings (SSSR count). The maximum atomic E-state index is 12.9. The van der Waals surface area contributed by atoms with Crippen molar-refractivity contribution in [2.45, 2.75) is 29.8 Å². The Labute approximate surface area is 160 Å². The van der Waals surface area contributed by atoms with E-state index in [2.05, 4.69) is 15.7 Å². The van der Waals surface area contributed by atoms with Crippen molar-refractivity contribution >= 4 is 10.4 Å². The van der Waals surface area contributed by atoms with Gasteiger partial charge < -0.3 is 9.29 Å². The molecule has 2 aromatic rings. The van der Waals surface area contributed by atoms with E-state index in [1.54, 1.807) is 24.3 Å². The summed E-state index contributed by atoms with van der Waals surface area (Å²) >= 11 is 0. The van der Waals surface area contributed by atoms with Crippen LogP contribution in [0.4, 0.5) is 0 Å². The molecule has 0 aliphatic carbocycles. The molecule has 1 N–H and O–H groups in total. The quantitative estimate of drug-likeness (QED) is 0.805. The maximum absolute atomic E-state index is 12.9. The highest BCUT2D eigenvalue weighted by Gasteiger charge is 2.46. The fraction of sp³-hybridized carbons (Fsp3) is 0.350. The lowest BCUT2D eigenvalue weighted by Gasteiger charge is -2.41. The molecule has 1 spiro atoms. The Hall–Kier alpha value is -2.24. The lowest BCUT2D eigenvalue weighted by molar-refractivity contribution is 0.0891. The van der Waals surface area contributed by atoms with Crippen LogP contribution in [0.5, 0.6) is 5.75 Å². The first-order valence-electron chi connectivity index (χ1n) is 8.97. The Kier molecular flexibility index (Phi) is 4.74. The Balaban J connectivity index is 1.53. The Morgan fingerprint density at radius 2 is 2.04 bits per heavy atom. The van der Waals surface area contributed by atoms with Gasteiger partial charge in [0.1, 0.15) is 12.1 Å². The fourth-order valence-corrected chi connectivity index (χ4v) is 5.44. The van der Waals surface area contributed by atoms with Gasteiger partial charge in [-0.25, -0.2) is 0 Å². The predicted octanol–water partition coefficient (Wildman–Crippen LogP) is 2.48. The van der Waals surface area contributed by atoms with Crippen molar-refractivity contribution in [3.63, 3.8) is 0 Å². The standard InChI is InChI=1S/C20H21N3O3S/c21-12-16-6-8-17(9-7-16)13-23-11-3-10-20(14-23)15-26-18-4-1-2-5-19(18)27(24,25)22-20/h1-2,4-9H,3,10-11,13-15H2,(H-,22,24,25). The lowest BCUT2D eigenvalue weighted by Crippen LogP contribution is -2.61. The van der Waals surface area contributed by atoms with E-state index < -0.39 is 15.9 Å².